The molecule has 0 bridgehead atoms. The molecule has 2 aromatic rings. The highest BCUT2D eigenvalue weighted by Gasteiger charge is 2.18. The van der Waals surface area contributed by atoms with E-state index in [4.69, 9.17) is 4.74 Å². The van der Waals surface area contributed by atoms with Crippen LogP contribution in [-0.4, -0.2) is 27.7 Å². The summed E-state index contributed by atoms with van der Waals surface area (Å²) in [6, 6.07) is 12.4. The quantitative estimate of drug-likeness (QED) is 0.699. The van der Waals surface area contributed by atoms with Gasteiger partial charge in [0.25, 0.3) is 5.91 Å². The van der Waals surface area contributed by atoms with E-state index in [1.54, 1.807) is 32.2 Å². The summed E-state index contributed by atoms with van der Waals surface area (Å²) >= 11 is 0. The molecule has 1 atom stereocenters. The number of hydrogen-bond acceptors (Lipinski definition) is 4. The lowest BCUT2D eigenvalue weighted by molar-refractivity contribution is 0.0932. The van der Waals surface area contributed by atoms with Gasteiger partial charge in [0.1, 0.15) is 5.75 Å². The van der Waals surface area contributed by atoms with Gasteiger partial charge in [-0.15, -0.1) is 0 Å². The summed E-state index contributed by atoms with van der Waals surface area (Å²) in [7, 11) is -1.75. The van der Waals surface area contributed by atoms with Crippen molar-refractivity contribution in [2.24, 2.45) is 5.92 Å². The first-order valence-electron chi connectivity index (χ1n) is 9.12. The van der Waals surface area contributed by atoms with Crippen molar-refractivity contribution in [1.29, 1.82) is 0 Å². The van der Waals surface area contributed by atoms with Gasteiger partial charge in [0.15, 0.2) is 0 Å². The van der Waals surface area contributed by atoms with Crippen LogP contribution in [0.15, 0.2) is 42.5 Å². The number of sulfonamides is 1. The Morgan fingerprint density at radius 2 is 1.75 bits per heavy atom. The summed E-state index contributed by atoms with van der Waals surface area (Å²) < 4.78 is 30.5. The van der Waals surface area contributed by atoms with Crippen molar-refractivity contribution >= 4 is 21.6 Å². The highest BCUT2D eigenvalue weighted by molar-refractivity contribution is 7.92. The summed E-state index contributed by atoms with van der Waals surface area (Å²) in [5.41, 5.74) is 2.64. The molecule has 0 aliphatic heterocycles. The van der Waals surface area contributed by atoms with E-state index in [2.05, 4.69) is 23.9 Å². The fourth-order valence-corrected chi connectivity index (χ4v) is 3.58. The minimum atomic E-state index is -3.37. The molecule has 0 radical (unpaired) electrons. The minimum Gasteiger partial charge on any atom is -0.497 e. The predicted molar refractivity (Wildman–Crippen MR) is 112 cm³/mol. The first-order chi connectivity index (χ1) is 13.1. The van der Waals surface area contributed by atoms with Crippen LogP contribution in [0.25, 0.3) is 0 Å². The average molecular weight is 405 g/mol. The van der Waals surface area contributed by atoms with E-state index in [1.165, 1.54) is 0 Å². The van der Waals surface area contributed by atoms with Gasteiger partial charge in [-0.25, -0.2) is 8.42 Å². The van der Waals surface area contributed by atoms with Crippen LogP contribution in [0.3, 0.4) is 0 Å². The molecule has 0 heterocycles. The molecule has 2 aromatic carbocycles. The van der Waals surface area contributed by atoms with E-state index in [0.29, 0.717) is 22.7 Å². The Labute approximate surface area is 167 Å². The molecular formula is C21H28N2O4S. The Morgan fingerprint density at radius 1 is 1.11 bits per heavy atom. The van der Waals surface area contributed by atoms with Crippen molar-refractivity contribution in [2.75, 3.05) is 18.1 Å². The van der Waals surface area contributed by atoms with Crippen molar-refractivity contribution in [2.45, 2.75) is 33.2 Å². The van der Waals surface area contributed by atoms with Crippen molar-refractivity contribution in [3.63, 3.8) is 0 Å². The van der Waals surface area contributed by atoms with Crippen molar-refractivity contribution in [1.82, 2.24) is 5.32 Å². The number of amides is 1. The zero-order valence-corrected chi connectivity index (χ0v) is 17.8. The van der Waals surface area contributed by atoms with Gasteiger partial charge in [0, 0.05) is 5.56 Å². The summed E-state index contributed by atoms with van der Waals surface area (Å²) in [5, 5.41) is 3.09. The second-order valence-corrected chi connectivity index (χ2v) is 9.08. The lowest BCUT2D eigenvalue weighted by atomic mass is 9.96. The number of carbonyl (C=O) groups is 1. The smallest absolute Gasteiger partial charge is 0.251 e. The molecule has 0 fully saturated rings. The third kappa shape index (κ3) is 6.27. The SMILES string of the molecule is COc1ccc(C(CC(C)C)NC(=O)c2ccc(NS(C)(=O)=O)c(C)c2)cc1. The first-order valence-corrected chi connectivity index (χ1v) is 11.0. The molecule has 0 saturated carbocycles. The van der Waals surface area contributed by atoms with Crippen molar-refractivity contribution in [3.05, 3.63) is 59.2 Å². The number of benzene rings is 2. The molecule has 0 saturated heterocycles. The molecule has 0 aliphatic carbocycles. The maximum Gasteiger partial charge on any atom is 0.251 e. The molecule has 6 nitrogen and oxygen atoms in total. The van der Waals surface area contributed by atoms with Crippen molar-refractivity contribution in [3.8, 4) is 5.75 Å². The lowest BCUT2D eigenvalue weighted by Crippen LogP contribution is -2.29. The molecule has 1 amide bonds. The summed E-state index contributed by atoms with van der Waals surface area (Å²) in [5.74, 6) is 0.967. The highest BCUT2D eigenvalue weighted by Crippen LogP contribution is 2.25. The van der Waals surface area contributed by atoms with Gasteiger partial charge in [-0.3, -0.25) is 9.52 Å². The minimum absolute atomic E-state index is 0.132. The summed E-state index contributed by atoms with van der Waals surface area (Å²) in [6.45, 7) is 5.98. The van der Waals surface area contributed by atoms with Gasteiger partial charge in [0.2, 0.25) is 10.0 Å². The zero-order chi connectivity index (χ0) is 20.9. The molecule has 1 unspecified atom stereocenters. The van der Waals surface area contributed by atoms with E-state index >= 15 is 0 Å². The number of carbonyl (C=O) groups excluding carboxylic acids is 1. The van der Waals surface area contributed by atoms with Crippen LogP contribution in [0.1, 0.15) is 47.8 Å². The van der Waals surface area contributed by atoms with Crippen LogP contribution < -0.4 is 14.8 Å². The Balaban J connectivity index is 2.21. The lowest BCUT2D eigenvalue weighted by Gasteiger charge is -2.22. The third-order valence-corrected chi connectivity index (χ3v) is 4.91. The van der Waals surface area contributed by atoms with Crippen LogP contribution >= 0.6 is 0 Å². The van der Waals surface area contributed by atoms with Gasteiger partial charge in [-0.2, -0.15) is 0 Å². The maximum absolute atomic E-state index is 12.8. The molecule has 7 heteroatoms. The number of methoxy groups -OCH3 is 1. The topological polar surface area (TPSA) is 84.5 Å². The van der Waals surface area contributed by atoms with Crippen LogP contribution in [0, 0.1) is 12.8 Å². The highest BCUT2D eigenvalue weighted by atomic mass is 32.2. The van der Waals surface area contributed by atoms with E-state index in [-0.39, 0.29) is 11.9 Å². The molecule has 152 valence electrons. The van der Waals surface area contributed by atoms with E-state index in [9.17, 15) is 13.2 Å². The fourth-order valence-electron chi connectivity index (χ4n) is 2.95. The number of hydrogen-bond donors (Lipinski definition) is 2. The molecule has 28 heavy (non-hydrogen) atoms. The maximum atomic E-state index is 12.8. The van der Waals surface area contributed by atoms with Crippen LogP contribution in [0.4, 0.5) is 5.69 Å². The Hall–Kier alpha value is -2.54. The number of anilines is 1. The molecule has 2 N–H and O–H groups in total. The van der Waals surface area contributed by atoms with Gasteiger partial charge < -0.3 is 10.1 Å². The number of ether oxygens (including phenoxy) is 1. The Morgan fingerprint density at radius 3 is 2.25 bits per heavy atom. The standard InChI is InChI=1S/C21H28N2O4S/c1-14(2)12-20(16-6-9-18(27-4)10-7-16)22-21(24)17-8-11-19(15(3)13-17)23-28(5,25)26/h6-11,13-14,20,23H,12H2,1-5H3,(H,22,24). The molecule has 2 rings (SSSR count). The van der Waals surface area contributed by atoms with E-state index in [1.807, 2.05) is 24.3 Å². The molecule has 0 aliphatic rings. The second kappa shape index (κ2) is 9.10. The van der Waals surface area contributed by atoms with Crippen LogP contribution in [-0.2, 0) is 10.0 Å². The first kappa shape index (κ1) is 21.8. The summed E-state index contributed by atoms with van der Waals surface area (Å²) in [4.78, 5) is 12.8. The molecule has 0 spiro atoms. The number of aryl methyl sites for hydroxylation is 1. The molecular weight excluding hydrogens is 376 g/mol. The van der Waals surface area contributed by atoms with Gasteiger partial charge in [-0.05, 0) is 60.7 Å². The van der Waals surface area contributed by atoms with Crippen molar-refractivity contribution < 1.29 is 17.9 Å². The second-order valence-electron chi connectivity index (χ2n) is 7.33. The number of rotatable bonds is 8. The predicted octanol–water partition coefficient (Wildman–Crippen LogP) is 3.89. The van der Waals surface area contributed by atoms with E-state index < -0.39 is 10.0 Å². The Kier molecular flexibility index (Phi) is 7.07. The van der Waals surface area contributed by atoms with Gasteiger partial charge in [-0.1, -0.05) is 26.0 Å². The normalized spacial score (nSPS) is 12.5. The monoisotopic (exact) mass is 404 g/mol. The third-order valence-electron chi connectivity index (χ3n) is 4.31. The average Bonchev–Trinajstić information content (AvgIpc) is 2.61. The number of nitrogens with one attached hydrogen (secondary N) is 2. The van der Waals surface area contributed by atoms with Gasteiger partial charge in [0.05, 0.1) is 25.1 Å². The van der Waals surface area contributed by atoms with Crippen LogP contribution in [0.5, 0.6) is 5.75 Å². The Bertz CT molecular complexity index is 922. The molecule has 0 aromatic heterocycles. The largest absolute Gasteiger partial charge is 0.497 e. The zero-order valence-electron chi connectivity index (χ0n) is 16.9. The van der Waals surface area contributed by atoms with E-state index in [0.717, 1.165) is 24.0 Å². The summed E-state index contributed by atoms with van der Waals surface area (Å²) in [6.07, 6.45) is 1.89. The van der Waals surface area contributed by atoms with Crippen LogP contribution in [0.2, 0.25) is 0 Å². The fraction of sp³-hybridized carbons (Fsp3) is 0.381. The van der Waals surface area contributed by atoms with Gasteiger partial charge >= 0.3 is 0 Å².